The number of anilines is 1. The maximum absolute atomic E-state index is 13.8. The molecule has 0 bridgehead atoms. The smallest absolute Gasteiger partial charge is 0.305 e. The second-order valence-corrected chi connectivity index (χ2v) is 11.6. The Morgan fingerprint density at radius 2 is 1.69 bits per heavy atom. The molecule has 4 aromatic rings. The molecule has 0 unspecified atom stereocenters. The molecule has 2 amide bonds. The Labute approximate surface area is 231 Å². The number of nitrogens with one attached hydrogen (secondary N) is 1. The Morgan fingerprint density at radius 3 is 2.41 bits per heavy atom. The summed E-state index contributed by atoms with van der Waals surface area (Å²) in [6, 6.07) is 18.7. The van der Waals surface area contributed by atoms with Crippen molar-refractivity contribution in [3.05, 3.63) is 104 Å². The summed E-state index contributed by atoms with van der Waals surface area (Å²) in [5.74, 6) is -1.54. The van der Waals surface area contributed by atoms with E-state index in [0.717, 1.165) is 32.9 Å². The highest BCUT2D eigenvalue weighted by molar-refractivity contribution is 8.00. The summed E-state index contributed by atoms with van der Waals surface area (Å²) < 4.78 is 25.2. The van der Waals surface area contributed by atoms with Gasteiger partial charge >= 0.3 is 4.87 Å². The molecule has 6 rings (SSSR count). The third kappa shape index (κ3) is 4.53. The highest BCUT2D eigenvalue weighted by atomic mass is 32.2. The van der Waals surface area contributed by atoms with Crippen LogP contribution >= 0.6 is 23.1 Å². The zero-order valence-electron chi connectivity index (χ0n) is 21.0. The zero-order valence-corrected chi connectivity index (χ0v) is 22.6. The molecule has 1 saturated heterocycles. The zero-order chi connectivity index (χ0) is 27.3. The number of H-pyrrole nitrogens is 1. The third-order valence-corrected chi connectivity index (χ3v) is 9.37. The summed E-state index contributed by atoms with van der Waals surface area (Å²) in [7, 11) is 1.54. The lowest BCUT2D eigenvalue weighted by molar-refractivity contribution is -0.122. The van der Waals surface area contributed by atoms with Crippen molar-refractivity contribution in [3.8, 4) is 11.5 Å². The van der Waals surface area contributed by atoms with Crippen LogP contribution < -0.4 is 19.2 Å². The molecule has 0 aliphatic carbocycles. The summed E-state index contributed by atoms with van der Waals surface area (Å²) in [5.41, 5.74) is 3.21. The minimum absolute atomic E-state index is 0.252. The number of amides is 2. The Morgan fingerprint density at radius 1 is 0.949 bits per heavy atom. The Bertz CT molecular complexity index is 1630. The van der Waals surface area contributed by atoms with Crippen LogP contribution in [0.2, 0.25) is 0 Å². The molecule has 3 aromatic carbocycles. The quantitative estimate of drug-likeness (QED) is 0.322. The number of carbonyl (C=O) groups is 2. The maximum Gasteiger partial charge on any atom is 0.305 e. The van der Waals surface area contributed by atoms with Gasteiger partial charge in [-0.05, 0) is 54.4 Å². The van der Waals surface area contributed by atoms with E-state index in [1.54, 1.807) is 12.1 Å². The van der Waals surface area contributed by atoms with Gasteiger partial charge in [-0.25, -0.2) is 9.29 Å². The molecule has 198 valence electrons. The minimum atomic E-state index is -0.754. The van der Waals surface area contributed by atoms with E-state index in [1.165, 1.54) is 43.1 Å². The van der Waals surface area contributed by atoms with Crippen LogP contribution in [0, 0.1) is 18.7 Å². The molecule has 2 aliphatic heterocycles. The molecule has 3 atom stereocenters. The monoisotopic (exact) mass is 562 g/mol. The number of methoxy groups -OCH3 is 1. The number of halogens is 1. The fourth-order valence-electron chi connectivity index (χ4n) is 5.06. The molecule has 1 aromatic heterocycles. The van der Waals surface area contributed by atoms with Crippen molar-refractivity contribution < 1.29 is 23.5 Å². The number of benzene rings is 3. The van der Waals surface area contributed by atoms with Gasteiger partial charge in [-0.15, -0.1) is 0 Å². The number of aromatic nitrogens is 1. The number of imide groups is 1. The molecule has 7 nitrogen and oxygen atoms in total. The molecule has 0 saturated carbocycles. The average Bonchev–Trinajstić information content (AvgIpc) is 3.43. The highest BCUT2D eigenvalue weighted by Crippen LogP contribution is 2.53. The topological polar surface area (TPSA) is 88.7 Å². The van der Waals surface area contributed by atoms with Gasteiger partial charge in [-0.3, -0.25) is 14.4 Å². The second kappa shape index (κ2) is 10.0. The van der Waals surface area contributed by atoms with Crippen molar-refractivity contribution in [2.45, 2.75) is 29.7 Å². The molecular weight excluding hydrogens is 539 g/mol. The van der Waals surface area contributed by atoms with E-state index in [0.29, 0.717) is 33.7 Å². The Hall–Kier alpha value is -3.89. The van der Waals surface area contributed by atoms with Crippen LogP contribution in [0.15, 0.2) is 76.6 Å². The van der Waals surface area contributed by atoms with E-state index in [9.17, 15) is 18.8 Å². The molecule has 0 radical (unpaired) electrons. The summed E-state index contributed by atoms with van der Waals surface area (Å²) in [6.07, 6.45) is 0. The highest BCUT2D eigenvalue weighted by Gasteiger charge is 2.56. The van der Waals surface area contributed by atoms with Gasteiger partial charge < -0.3 is 14.5 Å². The average molecular weight is 563 g/mol. The first-order valence-corrected chi connectivity index (χ1v) is 13.9. The molecular formula is C29H23FN2O5S2. The van der Waals surface area contributed by atoms with E-state index in [1.807, 2.05) is 37.3 Å². The van der Waals surface area contributed by atoms with Crippen molar-refractivity contribution >= 4 is 40.6 Å². The minimum Gasteiger partial charge on any atom is -0.493 e. The van der Waals surface area contributed by atoms with Crippen molar-refractivity contribution in [3.63, 3.8) is 0 Å². The van der Waals surface area contributed by atoms with Crippen LogP contribution in [0.25, 0.3) is 0 Å². The van der Waals surface area contributed by atoms with Gasteiger partial charge in [0.05, 0.1) is 23.7 Å². The van der Waals surface area contributed by atoms with E-state index in [-0.39, 0.29) is 10.8 Å². The van der Waals surface area contributed by atoms with E-state index >= 15 is 0 Å². The van der Waals surface area contributed by atoms with Gasteiger partial charge in [-0.2, -0.15) is 0 Å². The number of ether oxygens (including phenoxy) is 2. The Kier molecular flexibility index (Phi) is 6.52. The molecule has 3 heterocycles. The molecule has 39 heavy (non-hydrogen) atoms. The molecule has 0 spiro atoms. The number of aromatic amines is 1. The van der Waals surface area contributed by atoms with Gasteiger partial charge in [0.15, 0.2) is 11.5 Å². The van der Waals surface area contributed by atoms with Gasteiger partial charge in [-0.1, -0.05) is 59.0 Å². The van der Waals surface area contributed by atoms with E-state index in [4.69, 9.17) is 9.47 Å². The predicted molar refractivity (Wildman–Crippen MR) is 147 cm³/mol. The van der Waals surface area contributed by atoms with Gasteiger partial charge in [0, 0.05) is 10.8 Å². The molecule has 1 fully saturated rings. The fraction of sp³-hybridized carbons (Fsp3) is 0.207. The number of nitrogens with zero attached hydrogens (tertiary/aromatic N) is 1. The van der Waals surface area contributed by atoms with Crippen LogP contribution in [-0.2, 0) is 16.2 Å². The standard InChI is InChI=1S/C29H23FN2O5S2/c1-15-3-5-16(6-4-15)14-37-20-12-7-17(13-21(20)36-2)22-23-25(38-26-24(22)39-29(35)31-26)28(34)32(27(23)33)19-10-8-18(30)9-11-19/h3-13,22-23,25H,14H2,1-2H3,(H,31,35)/t22-,23-,25+/m0/s1. The van der Waals surface area contributed by atoms with Crippen LogP contribution in [-0.4, -0.2) is 29.2 Å². The van der Waals surface area contributed by atoms with Crippen molar-refractivity contribution in [1.82, 2.24) is 4.98 Å². The second-order valence-electron chi connectivity index (χ2n) is 9.42. The number of carbonyl (C=O) groups excluding carboxylic acids is 2. The van der Waals surface area contributed by atoms with Crippen LogP contribution in [0.1, 0.15) is 27.5 Å². The largest absolute Gasteiger partial charge is 0.493 e. The molecule has 10 heteroatoms. The first-order chi connectivity index (χ1) is 18.8. The van der Waals surface area contributed by atoms with Crippen molar-refractivity contribution in [1.29, 1.82) is 0 Å². The number of thiazole rings is 1. The fourth-order valence-corrected chi connectivity index (χ4v) is 7.58. The van der Waals surface area contributed by atoms with Crippen molar-refractivity contribution in [2.24, 2.45) is 5.92 Å². The van der Waals surface area contributed by atoms with Gasteiger partial charge in [0.2, 0.25) is 11.8 Å². The number of rotatable bonds is 6. The van der Waals surface area contributed by atoms with Crippen LogP contribution in [0.4, 0.5) is 10.1 Å². The lowest BCUT2D eigenvalue weighted by atomic mass is 9.83. The lowest BCUT2D eigenvalue weighted by Crippen LogP contribution is -2.32. The number of hydrogen-bond acceptors (Lipinski definition) is 7. The number of hydrogen-bond donors (Lipinski definition) is 1. The SMILES string of the molecule is COc1cc([C@@H]2c3sc(=O)[nH]c3S[C@H]3C(=O)N(c4ccc(F)cc4)C(=O)[C@@H]23)ccc1OCc1ccc(C)cc1. The third-order valence-electron chi connectivity index (χ3n) is 6.97. The summed E-state index contributed by atoms with van der Waals surface area (Å²) >= 11 is 2.23. The summed E-state index contributed by atoms with van der Waals surface area (Å²) in [5, 5.41) is -0.161. The maximum atomic E-state index is 13.8. The van der Waals surface area contributed by atoms with Gasteiger partial charge in [0.25, 0.3) is 0 Å². The van der Waals surface area contributed by atoms with Crippen LogP contribution in [0.3, 0.4) is 0 Å². The summed E-state index contributed by atoms with van der Waals surface area (Å²) in [6.45, 7) is 2.37. The van der Waals surface area contributed by atoms with Crippen molar-refractivity contribution in [2.75, 3.05) is 12.0 Å². The number of aryl methyl sites for hydroxylation is 1. The van der Waals surface area contributed by atoms with E-state index in [2.05, 4.69) is 4.98 Å². The molecule has 1 N–H and O–H groups in total. The van der Waals surface area contributed by atoms with Crippen LogP contribution in [0.5, 0.6) is 11.5 Å². The first kappa shape index (κ1) is 25.4. The van der Waals surface area contributed by atoms with Gasteiger partial charge in [0.1, 0.15) is 17.7 Å². The lowest BCUT2D eigenvalue weighted by Gasteiger charge is -2.30. The normalized spacial score (nSPS) is 20.1. The predicted octanol–water partition coefficient (Wildman–Crippen LogP) is 5.27. The first-order valence-electron chi connectivity index (χ1n) is 12.2. The Balaban J connectivity index is 1.37. The van der Waals surface area contributed by atoms with E-state index < -0.39 is 28.8 Å². The number of fused-ring (bicyclic) bond motifs is 2. The molecule has 2 aliphatic rings. The summed E-state index contributed by atoms with van der Waals surface area (Å²) in [4.78, 5) is 44.0. The number of thioether (sulfide) groups is 1.